The molecule has 20 heavy (non-hydrogen) atoms. The molecule has 3 rings (SSSR count). The number of carbonyl (C=O) groups excluding carboxylic acids is 1. The van der Waals surface area contributed by atoms with Gasteiger partial charge in [-0.1, -0.05) is 0 Å². The maximum atomic E-state index is 12.5. The van der Waals surface area contributed by atoms with E-state index in [1.807, 2.05) is 18.4 Å². The Labute approximate surface area is 121 Å². The Morgan fingerprint density at radius 1 is 1.55 bits per heavy atom. The Hall–Kier alpha value is -1.40. The third-order valence-corrected chi connectivity index (χ3v) is 5.48. The number of carbonyl (C=O) groups is 2. The lowest BCUT2D eigenvalue weighted by molar-refractivity contribution is -0.157. The summed E-state index contributed by atoms with van der Waals surface area (Å²) in [5.41, 5.74) is 0.134. The first-order chi connectivity index (χ1) is 9.54. The van der Waals surface area contributed by atoms with Crippen molar-refractivity contribution >= 4 is 23.2 Å². The number of rotatable bonds is 2. The number of fused-ring (bicyclic) bond motifs is 1. The van der Waals surface area contributed by atoms with Gasteiger partial charge in [-0.2, -0.15) is 0 Å². The van der Waals surface area contributed by atoms with Crippen molar-refractivity contribution in [1.29, 1.82) is 0 Å². The van der Waals surface area contributed by atoms with Crippen LogP contribution in [-0.4, -0.2) is 48.2 Å². The highest BCUT2D eigenvalue weighted by Crippen LogP contribution is 2.43. The maximum absolute atomic E-state index is 12.5. The van der Waals surface area contributed by atoms with Crippen LogP contribution in [0.5, 0.6) is 0 Å². The van der Waals surface area contributed by atoms with Crippen LogP contribution in [0.4, 0.5) is 0 Å². The summed E-state index contributed by atoms with van der Waals surface area (Å²) >= 11 is 1.42. The molecule has 2 atom stereocenters. The van der Waals surface area contributed by atoms with Crippen molar-refractivity contribution in [2.75, 3.05) is 26.3 Å². The molecule has 1 aromatic heterocycles. The molecule has 108 valence electrons. The third kappa shape index (κ3) is 1.94. The van der Waals surface area contributed by atoms with Crippen LogP contribution in [0.15, 0.2) is 11.4 Å². The van der Waals surface area contributed by atoms with Gasteiger partial charge in [-0.25, -0.2) is 0 Å². The van der Waals surface area contributed by atoms with Crippen LogP contribution in [-0.2, 0) is 9.53 Å². The number of carboxylic acid groups (broad SMARTS) is 1. The smallest absolute Gasteiger partial charge is 0.311 e. The molecule has 0 aliphatic carbocycles. The Bertz CT molecular complexity index is 555. The molecule has 2 saturated heterocycles. The highest BCUT2D eigenvalue weighted by Gasteiger charge is 2.55. The van der Waals surface area contributed by atoms with Gasteiger partial charge in [0.2, 0.25) is 0 Å². The van der Waals surface area contributed by atoms with E-state index in [0.717, 1.165) is 5.56 Å². The van der Waals surface area contributed by atoms with Gasteiger partial charge in [0.15, 0.2) is 0 Å². The predicted molar refractivity (Wildman–Crippen MR) is 74.0 cm³/mol. The second kappa shape index (κ2) is 4.86. The van der Waals surface area contributed by atoms with Gasteiger partial charge in [0.05, 0.1) is 16.9 Å². The standard InChI is InChI=1S/C14H17NO4S/c1-9-2-5-20-11(9)12(16)15-6-10-7-19-4-3-14(10,8-15)13(17)18/h2,5,10H,3-4,6-8H2,1H3,(H,17,18)/t10-,14+/m0/s1. The van der Waals surface area contributed by atoms with Gasteiger partial charge < -0.3 is 14.7 Å². The lowest BCUT2D eigenvalue weighted by Gasteiger charge is -2.33. The van der Waals surface area contributed by atoms with Crippen LogP contribution in [0.3, 0.4) is 0 Å². The zero-order valence-corrected chi connectivity index (χ0v) is 12.1. The minimum atomic E-state index is -0.820. The number of carboxylic acids is 1. The second-order valence-corrected chi connectivity index (χ2v) is 6.52. The van der Waals surface area contributed by atoms with Crippen molar-refractivity contribution < 1.29 is 19.4 Å². The third-order valence-electron chi connectivity index (χ3n) is 4.48. The van der Waals surface area contributed by atoms with Crippen LogP contribution < -0.4 is 0 Å². The predicted octanol–water partition coefficient (Wildman–Crippen LogP) is 1.62. The number of likely N-dealkylation sites (tertiary alicyclic amines) is 1. The minimum Gasteiger partial charge on any atom is -0.481 e. The normalized spacial score (nSPS) is 29.2. The molecular weight excluding hydrogens is 278 g/mol. The average Bonchev–Trinajstić information content (AvgIpc) is 3.01. The van der Waals surface area contributed by atoms with E-state index in [-0.39, 0.29) is 11.8 Å². The van der Waals surface area contributed by atoms with Gasteiger partial charge in [-0.05, 0) is 30.4 Å². The minimum absolute atomic E-state index is 0.0486. The molecule has 0 spiro atoms. The van der Waals surface area contributed by atoms with Crippen molar-refractivity contribution in [2.24, 2.45) is 11.3 Å². The summed E-state index contributed by atoms with van der Waals surface area (Å²) in [4.78, 5) is 26.6. The van der Waals surface area contributed by atoms with E-state index in [1.54, 1.807) is 4.90 Å². The van der Waals surface area contributed by atoms with Gasteiger partial charge in [0.25, 0.3) is 5.91 Å². The Balaban J connectivity index is 1.86. The van der Waals surface area contributed by atoms with Crippen LogP contribution in [0, 0.1) is 18.3 Å². The fraction of sp³-hybridized carbons (Fsp3) is 0.571. The average molecular weight is 295 g/mol. The first-order valence-corrected chi connectivity index (χ1v) is 7.57. The van der Waals surface area contributed by atoms with Gasteiger partial charge in [0.1, 0.15) is 0 Å². The molecule has 5 nitrogen and oxygen atoms in total. The molecule has 2 fully saturated rings. The van der Waals surface area contributed by atoms with E-state index >= 15 is 0 Å². The Morgan fingerprint density at radius 2 is 2.35 bits per heavy atom. The van der Waals surface area contributed by atoms with Crippen molar-refractivity contribution in [1.82, 2.24) is 4.90 Å². The lowest BCUT2D eigenvalue weighted by Crippen LogP contribution is -2.45. The molecule has 0 radical (unpaired) electrons. The number of thiophene rings is 1. The molecule has 1 amide bonds. The van der Waals surface area contributed by atoms with Crippen molar-refractivity contribution in [3.8, 4) is 0 Å². The van der Waals surface area contributed by atoms with Crippen molar-refractivity contribution in [2.45, 2.75) is 13.3 Å². The number of hydrogen-bond acceptors (Lipinski definition) is 4. The summed E-state index contributed by atoms with van der Waals surface area (Å²) in [5.74, 6) is -0.950. The topological polar surface area (TPSA) is 66.8 Å². The highest BCUT2D eigenvalue weighted by molar-refractivity contribution is 7.12. The van der Waals surface area contributed by atoms with E-state index in [9.17, 15) is 14.7 Å². The molecule has 0 saturated carbocycles. The largest absolute Gasteiger partial charge is 0.481 e. The van der Waals surface area contributed by atoms with Crippen molar-refractivity contribution in [3.63, 3.8) is 0 Å². The molecule has 2 aliphatic rings. The molecule has 6 heteroatoms. The summed E-state index contributed by atoms with van der Waals surface area (Å²) in [7, 11) is 0. The number of nitrogens with zero attached hydrogens (tertiary/aromatic N) is 1. The summed E-state index contributed by atoms with van der Waals surface area (Å²) in [6, 6.07) is 1.91. The molecular formula is C14H17NO4S. The molecule has 2 aliphatic heterocycles. The van der Waals surface area contributed by atoms with Gasteiger partial charge in [0, 0.05) is 25.6 Å². The first kappa shape index (κ1) is 13.6. The SMILES string of the molecule is Cc1ccsc1C(=O)N1C[C@H]2COCC[C@@]2(C(=O)O)C1. The number of hydrogen-bond donors (Lipinski definition) is 1. The molecule has 1 N–H and O–H groups in total. The number of aryl methyl sites for hydroxylation is 1. The summed E-state index contributed by atoms with van der Waals surface area (Å²) in [5, 5.41) is 11.5. The quantitative estimate of drug-likeness (QED) is 0.900. The zero-order chi connectivity index (χ0) is 14.3. The van der Waals surface area contributed by atoms with Crippen LogP contribution in [0.1, 0.15) is 21.7 Å². The lowest BCUT2D eigenvalue weighted by atomic mass is 9.74. The first-order valence-electron chi connectivity index (χ1n) is 6.69. The van der Waals surface area contributed by atoms with E-state index in [0.29, 0.717) is 37.6 Å². The van der Waals surface area contributed by atoms with Crippen LogP contribution in [0.2, 0.25) is 0 Å². The van der Waals surface area contributed by atoms with Gasteiger partial charge in [-0.3, -0.25) is 9.59 Å². The maximum Gasteiger partial charge on any atom is 0.311 e. The summed E-state index contributed by atoms with van der Waals surface area (Å²) in [6.07, 6.45) is 0.486. The van der Waals surface area contributed by atoms with E-state index in [1.165, 1.54) is 11.3 Å². The molecule has 0 bridgehead atoms. The van der Waals surface area contributed by atoms with Crippen LogP contribution in [0.25, 0.3) is 0 Å². The summed E-state index contributed by atoms with van der Waals surface area (Å²) in [6.45, 7) is 3.57. The summed E-state index contributed by atoms with van der Waals surface area (Å²) < 4.78 is 5.40. The van der Waals surface area contributed by atoms with Crippen molar-refractivity contribution in [3.05, 3.63) is 21.9 Å². The van der Waals surface area contributed by atoms with Gasteiger partial charge >= 0.3 is 5.97 Å². The van der Waals surface area contributed by atoms with E-state index in [4.69, 9.17) is 4.74 Å². The zero-order valence-electron chi connectivity index (χ0n) is 11.3. The van der Waals surface area contributed by atoms with Gasteiger partial charge in [-0.15, -0.1) is 11.3 Å². The van der Waals surface area contributed by atoms with E-state index < -0.39 is 11.4 Å². The number of ether oxygens (including phenoxy) is 1. The number of aliphatic carboxylic acids is 1. The molecule has 0 unspecified atom stereocenters. The fourth-order valence-electron chi connectivity index (χ4n) is 3.19. The molecule has 3 heterocycles. The van der Waals surface area contributed by atoms with E-state index in [2.05, 4.69) is 0 Å². The molecule has 0 aromatic carbocycles. The monoisotopic (exact) mass is 295 g/mol. The van der Waals surface area contributed by atoms with Crippen LogP contribution >= 0.6 is 11.3 Å². The Kier molecular flexibility index (Phi) is 3.30. The highest BCUT2D eigenvalue weighted by atomic mass is 32.1. The Morgan fingerprint density at radius 3 is 2.95 bits per heavy atom. The molecule has 1 aromatic rings. The second-order valence-electron chi connectivity index (χ2n) is 5.60. The fourth-order valence-corrected chi connectivity index (χ4v) is 4.08. The number of amides is 1.